The summed E-state index contributed by atoms with van der Waals surface area (Å²) in [5.41, 5.74) is 7.83. The Morgan fingerprint density at radius 1 is 1.29 bits per heavy atom. The molecule has 0 aliphatic heterocycles. The molecule has 0 unspecified atom stereocenters. The average Bonchev–Trinajstić information content (AvgIpc) is 3.23. The maximum absolute atomic E-state index is 11.9. The van der Waals surface area contributed by atoms with Crippen molar-refractivity contribution < 1.29 is 4.79 Å². The second kappa shape index (κ2) is 8.83. The molecule has 28 heavy (non-hydrogen) atoms. The molecule has 0 fully saturated rings. The van der Waals surface area contributed by atoms with Crippen LogP contribution in [0.25, 0.3) is 16.3 Å². The van der Waals surface area contributed by atoms with Crippen LogP contribution < -0.4 is 5.73 Å². The Hall–Kier alpha value is -2.26. The van der Waals surface area contributed by atoms with Gasteiger partial charge in [0, 0.05) is 17.0 Å². The van der Waals surface area contributed by atoms with Gasteiger partial charge in [0.05, 0.1) is 26.2 Å². The van der Waals surface area contributed by atoms with Gasteiger partial charge in [-0.25, -0.2) is 4.68 Å². The van der Waals surface area contributed by atoms with Crippen molar-refractivity contribution in [2.45, 2.75) is 33.1 Å². The van der Waals surface area contributed by atoms with Gasteiger partial charge in [-0.2, -0.15) is 5.10 Å². The first kappa shape index (κ1) is 20.5. The molecule has 2 heterocycles. The van der Waals surface area contributed by atoms with Crippen molar-refractivity contribution in [3.8, 4) is 28.1 Å². The first-order valence-electron chi connectivity index (χ1n) is 8.86. The number of hydrogen-bond donors (Lipinski definition) is 1. The molecule has 0 spiro atoms. The number of unbranched alkanes of at least 4 members (excludes halogenated alkanes) is 2. The Balaban J connectivity index is 2.11. The summed E-state index contributed by atoms with van der Waals surface area (Å²) in [6, 6.07) is 9.09. The number of nitrogens with two attached hydrogens (primary N) is 1. The largest absolute Gasteiger partial charge is 0.364 e. The van der Waals surface area contributed by atoms with Gasteiger partial charge in [-0.3, -0.25) is 4.79 Å². The summed E-state index contributed by atoms with van der Waals surface area (Å²) in [5.74, 6) is 5.81. The molecular weight excluding hydrogens is 413 g/mol. The van der Waals surface area contributed by atoms with E-state index in [9.17, 15) is 4.79 Å². The molecule has 0 atom stereocenters. The normalized spacial score (nSPS) is 10.6. The summed E-state index contributed by atoms with van der Waals surface area (Å²) in [7, 11) is 0. The average molecular weight is 432 g/mol. The van der Waals surface area contributed by atoms with E-state index < -0.39 is 5.91 Å². The second-order valence-corrected chi connectivity index (χ2v) is 8.19. The minimum Gasteiger partial charge on any atom is -0.364 e. The van der Waals surface area contributed by atoms with Crippen LogP contribution in [-0.4, -0.2) is 15.7 Å². The smallest absolute Gasteiger partial charge is 0.269 e. The molecule has 0 aliphatic carbocycles. The number of nitrogens with zero attached hydrogens (tertiary/aromatic N) is 2. The molecular formula is C21H19Cl2N3OS. The molecule has 2 aromatic heterocycles. The molecule has 4 nitrogen and oxygen atoms in total. The minimum absolute atomic E-state index is 0.213. The zero-order valence-corrected chi connectivity index (χ0v) is 17.9. The fraction of sp³-hybridized carbons (Fsp3) is 0.238. The van der Waals surface area contributed by atoms with Crippen LogP contribution in [0.15, 0.2) is 30.3 Å². The van der Waals surface area contributed by atoms with Crippen LogP contribution in [0, 0.1) is 18.8 Å². The van der Waals surface area contributed by atoms with Crippen LogP contribution in [0.3, 0.4) is 0 Å². The first-order valence-corrected chi connectivity index (χ1v) is 10.4. The van der Waals surface area contributed by atoms with Gasteiger partial charge in [-0.05, 0) is 43.7 Å². The highest BCUT2D eigenvalue weighted by Gasteiger charge is 2.22. The number of hydrogen-bond acceptors (Lipinski definition) is 3. The Labute approximate surface area is 178 Å². The van der Waals surface area contributed by atoms with E-state index in [1.165, 1.54) is 0 Å². The summed E-state index contributed by atoms with van der Waals surface area (Å²) >= 11 is 14.0. The topological polar surface area (TPSA) is 60.9 Å². The lowest BCUT2D eigenvalue weighted by atomic mass is 10.1. The lowest BCUT2D eigenvalue weighted by Gasteiger charge is -2.09. The van der Waals surface area contributed by atoms with Gasteiger partial charge in [-0.1, -0.05) is 48.4 Å². The van der Waals surface area contributed by atoms with E-state index in [1.54, 1.807) is 34.2 Å². The van der Waals surface area contributed by atoms with Gasteiger partial charge in [0.1, 0.15) is 0 Å². The van der Waals surface area contributed by atoms with Crippen molar-refractivity contribution in [2.24, 2.45) is 5.73 Å². The maximum atomic E-state index is 11.9. The third-order valence-electron chi connectivity index (χ3n) is 4.20. The Bertz CT molecular complexity index is 1090. The van der Waals surface area contributed by atoms with Crippen molar-refractivity contribution in [3.05, 3.63) is 56.5 Å². The molecule has 0 saturated heterocycles. The van der Waals surface area contributed by atoms with Gasteiger partial charge >= 0.3 is 0 Å². The third-order valence-corrected chi connectivity index (χ3v) is 5.75. The third kappa shape index (κ3) is 4.25. The molecule has 144 valence electrons. The Morgan fingerprint density at radius 3 is 2.75 bits per heavy atom. The van der Waals surface area contributed by atoms with Crippen molar-refractivity contribution in [1.29, 1.82) is 0 Å². The van der Waals surface area contributed by atoms with Crippen LogP contribution in [-0.2, 0) is 0 Å². The summed E-state index contributed by atoms with van der Waals surface area (Å²) in [5, 5.41) is 5.38. The summed E-state index contributed by atoms with van der Waals surface area (Å²) in [4.78, 5) is 13.8. The van der Waals surface area contributed by atoms with Crippen LogP contribution in [0.1, 0.15) is 47.1 Å². The number of thiophene rings is 1. The molecule has 0 aliphatic rings. The van der Waals surface area contributed by atoms with Crippen molar-refractivity contribution in [3.63, 3.8) is 0 Å². The number of carbonyl (C=O) groups is 1. The molecule has 7 heteroatoms. The zero-order valence-electron chi connectivity index (χ0n) is 15.6. The number of aromatic nitrogens is 2. The Morgan fingerprint density at radius 2 is 2.07 bits per heavy atom. The monoisotopic (exact) mass is 431 g/mol. The summed E-state index contributed by atoms with van der Waals surface area (Å²) in [6.45, 7) is 3.97. The number of carbonyl (C=O) groups excluding carboxylic acids is 1. The quantitative estimate of drug-likeness (QED) is 0.406. The molecule has 0 radical (unpaired) electrons. The fourth-order valence-electron chi connectivity index (χ4n) is 2.79. The van der Waals surface area contributed by atoms with Gasteiger partial charge in [-0.15, -0.1) is 11.3 Å². The van der Waals surface area contributed by atoms with E-state index in [4.69, 9.17) is 28.9 Å². The maximum Gasteiger partial charge on any atom is 0.269 e. The van der Waals surface area contributed by atoms with Crippen molar-refractivity contribution in [2.75, 3.05) is 0 Å². The van der Waals surface area contributed by atoms with Crippen LogP contribution >= 0.6 is 34.5 Å². The highest BCUT2D eigenvalue weighted by atomic mass is 35.5. The zero-order chi connectivity index (χ0) is 20.3. The number of halogens is 2. The van der Waals surface area contributed by atoms with Crippen LogP contribution in [0.4, 0.5) is 0 Å². The Kier molecular flexibility index (Phi) is 6.46. The first-order chi connectivity index (χ1) is 13.4. The lowest BCUT2D eigenvalue weighted by Crippen LogP contribution is -2.13. The SMILES string of the molecule is CCCCC#Cc1ccc(-c2c(C)c(C(N)=O)nn2-c2ccc(Cl)cc2Cl)s1. The van der Waals surface area contributed by atoms with Gasteiger partial charge in [0.25, 0.3) is 5.91 Å². The van der Waals surface area contributed by atoms with Crippen LogP contribution in [0.2, 0.25) is 10.0 Å². The van der Waals surface area contributed by atoms with Gasteiger partial charge < -0.3 is 5.73 Å². The van der Waals surface area contributed by atoms with Crippen molar-refractivity contribution in [1.82, 2.24) is 9.78 Å². The van der Waals surface area contributed by atoms with Gasteiger partial charge in [0.15, 0.2) is 5.69 Å². The molecule has 3 aromatic rings. The molecule has 1 aromatic carbocycles. The van der Waals surface area contributed by atoms with E-state index in [-0.39, 0.29) is 5.69 Å². The molecule has 1 amide bonds. The predicted octanol–water partition coefficient (Wildman–Crippen LogP) is 5.86. The van der Waals surface area contributed by atoms with Gasteiger partial charge in [0.2, 0.25) is 0 Å². The molecule has 0 bridgehead atoms. The molecule has 0 saturated carbocycles. The highest BCUT2D eigenvalue weighted by Crippen LogP contribution is 2.35. The van der Waals surface area contributed by atoms with E-state index >= 15 is 0 Å². The number of benzene rings is 1. The summed E-state index contributed by atoms with van der Waals surface area (Å²) in [6.07, 6.45) is 3.10. The second-order valence-electron chi connectivity index (χ2n) is 6.26. The minimum atomic E-state index is -0.585. The van der Waals surface area contributed by atoms with E-state index in [2.05, 4.69) is 23.9 Å². The van der Waals surface area contributed by atoms with E-state index in [0.29, 0.717) is 21.3 Å². The van der Waals surface area contributed by atoms with Crippen molar-refractivity contribution >= 4 is 40.4 Å². The fourth-order valence-corrected chi connectivity index (χ4v) is 4.25. The number of amides is 1. The number of rotatable bonds is 5. The van der Waals surface area contributed by atoms with Crippen LogP contribution in [0.5, 0.6) is 0 Å². The predicted molar refractivity (Wildman–Crippen MR) is 117 cm³/mol. The highest BCUT2D eigenvalue weighted by molar-refractivity contribution is 7.16. The molecule has 3 rings (SSSR count). The number of primary amides is 1. The van der Waals surface area contributed by atoms with E-state index in [1.807, 2.05) is 19.1 Å². The standard InChI is InChI=1S/C21H19Cl2N3OS/c1-3-4-5-6-7-15-9-11-18(28-15)20-13(2)19(21(24)27)25-26(20)17-10-8-14(22)12-16(17)23/h8-12H,3-5H2,1-2H3,(H2,24,27). The van der Waals surface area contributed by atoms with E-state index in [0.717, 1.165) is 34.7 Å². The molecule has 2 N–H and O–H groups in total. The summed E-state index contributed by atoms with van der Waals surface area (Å²) < 4.78 is 1.65. The lowest BCUT2D eigenvalue weighted by molar-refractivity contribution is 0.0994.